The van der Waals surface area contributed by atoms with Gasteiger partial charge < -0.3 is 14.5 Å². The minimum atomic E-state index is 0.271. The van der Waals surface area contributed by atoms with Gasteiger partial charge in [-0.1, -0.05) is 30.3 Å². The zero-order valence-corrected chi connectivity index (χ0v) is 18.7. The first-order valence-corrected chi connectivity index (χ1v) is 11.8. The number of amides is 1. The van der Waals surface area contributed by atoms with Gasteiger partial charge in [0.05, 0.1) is 6.61 Å². The molecule has 2 aromatic rings. The van der Waals surface area contributed by atoms with Crippen LogP contribution in [0.3, 0.4) is 0 Å². The number of carbonyl (C=O) groups excluding carboxylic acids is 1. The second-order valence-corrected chi connectivity index (χ2v) is 9.23. The molecule has 2 aliphatic heterocycles. The Hall–Kier alpha value is -2.40. The van der Waals surface area contributed by atoms with E-state index in [2.05, 4.69) is 45.1 Å². The average molecular weight is 422 g/mol. The standard InChI is InChI=1S/C26H35N3O2/c1-21-9-12-27-25(16-21)31-20-24-17-26(30)29(19-24)18-23-10-14-28(15-11-23)13-5-8-22-6-3-2-4-7-22/h2-4,6-7,9,12,16,23-24H,5,8,10-11,13-15,17-20H2,1H3/t24-/m0/s1. The molecule has 0 radical (unpaired) electrons. The van der Waals surface area contributed by atoms with Crippen LogP contribution in [0.5, 0.6) is 5.88 Å². The van der Waals surface area contributed by atoms with Gasteiger partial charge in [-0.05, 0) is 75.4 Å². The average Bonchev–Trinajstić information content (AvgIpc) is 3.13. The number of nitrogens with zero attached hydrogens (tertiary/aromatic N) is 3. The van der Waals surface area contributed by atoms with E-state index in [4.69, 9.17) is 4.74 Å². The van der Waals surface area contributed by atoms with Gasteiger partial charge in [-0.2, -0.15) is 0 Å². The largest absolute Gasteiger partial charge is 0.477 e. The highest BCUT2D eigenvalue weighted by atomic mass is 16.5. The predicted molar refractivity (Wildman–Crippen MR) is 123 cm³/mol. The van der Waals surface area contributed by atoms with Crippen molar-refractivity contribution in [1.29, 1.82) is 0 Å². The van der Waals surface area contributed by atoms with Gasteiger partial charge in [0, 0.05) is 37.7 Å². The quantitative estimate of drug-likeness (QED) is 0.615. The number of rotatable bonds is 9. The first-order chi connectivity index (χ1) is 15.2. The second kappa shape index (κ2) is 10.8. The maximum absolute atomic E-state index is 12.5. The Morgan fingerprint density at radius 3 is 2.68 bits per heavy atom. The molecule has 0 saturated carbocycles. The van der Waals surface area contributed by atoms with Crippen molar-refractivity contribution in [2.75, 3.05) is 39.3 Å². The third-order valence-corrected chi connectivity index (χ3v) is 6.62. The van der Waals surface area contributed by atoms with Crippen molar-refractivity contribution in [3.8, 4) is 5.88 Å². The lowest BCUT2D eigenvalue weighted by molar-refractivity contribution is -0.128. The fourth-order valence-corrected chi connectivity index (χ4v) is 4.79. The summed E-state index contributed by atoms with van der Waals surface area (Å²) < 4.78 is 5.84. The molecule has 1 aromatic carbocycles. The molecule has 166 valence electrons. The van der Waals surface area contributed by atoms with Gasteiger partial charge in [0.15, 0.2) is 0 Å². The number of hydrogen-bond donors (Lipinski definition) is 0. The van der Waals surface area contributed by atoms with Crippen LogP contribution in [0, 0.1) is 18.8 Å². The molecule has 1 amide bonds. The monoisotopic (exact) mass is 421 g/mol. The van der Waals surface area contributed by atoms with E-state index in [-0.39, 0.29) is 11.8 Å². The van der Waals surface area contributed by atoms with Crippen molar-refractivity contribution in [3.63, 3.8) is 0 Å². The molecule has 0 aliphatic carbocycles. The highest BCUT2D eigenvalue weighted by Gasteiger charge is 2.32. The maximum atomic E-state index is 12.5. The minimum absolute atomic E-state index is 0.271. The van der Waals surface area contributed by atoms with E-state index in [1.165, 1.54) is 31.4 Å². The molecule has 2 fully saturated rings. The van der Waals surface area contributed by atoms with E-state index < -0.39 is 0 Å². The zero-order valence-electron chi connectivity index (χ0n) is 18.7. The smallest absolute Gasteiger partial charge is 0.223 e. The summed E-state index contributed by atoms with van der Waals surface area (Å²) in [7, 11) is 0. The highest BCUT2D eigenvalue weighted by Crippen LogP contribution is 2.24. The molecular weight excluding hydrogens is 386 g/mol. The second-order valence-electron chi connectivity index (χ2n) is 9.23. The van der Waals surface area contributed by atoms with Crippen LogP contribution in [0.4, 0.5) is 0 Å². The molecular formula is C26H35N3O2. The van der Waals surface area contributed by atoms with E-state index in [0.29, 0.717) is 24.8 Å². The van der Waals surface area contributed by atoms with Crippen LogP contribution < -0.4 is 4.74 Å². The lowest BCUT2D eigenvalue weighted by Gasteiger charge is -2.34. The van der Waals surface area contributed by atoms with E-state index in [1.807, 2.05) is 19.1 Å². The molecule has 0 bridgehead atoms. The molecule has 4 rings (SSSR count). The van der Waals surface area contributed by atoms with Crippen LogP contribution in [0.15, 0.2) is 48.7 Å². The molecule has 5 heteroatoms. The SMILES string of the molecule is Cc1ccnc(OC[C@H]2CC(=O)N(CC3CCN(CCCc4ccccc4)CC3)C2)c1. The molecule has 31 heavy (non-hydrogen) atoms. The van der Waals surface area contributed by atoms with Crippen molar-refractivity contribution in [3.05, 3.63) is 59.8 Å². The summed E-state index contributed by atoms with van der Waals surface area (Å²) in [6, 6.07) is 14.7. The normalized spacial score (nSPS) is 20.4. The van der Waals surface area contributed by atoms with E-state index in [9.17, 15) is 4.79 Å². The minimum Gasteiger partial charge on any atom is -0.477 e. The summed E-state index contributed by atoms with van der Waals surface area (Å²) >= 11 is 0. The number of carbonyl (C=O) groups is 1. The molecule has 1 aromatic heterocycles. The Morgan fingerprint density at radius 1 is 1.10 bits per heavy atom. The number of hydrogen-bond acceptors (Lipinski definition) is 4. The molecule has 2 saturated heterocycles. The van der Waals surface area contributed by atoms with Gasteiger partial charge in [0.1, 0.15) is 0 Å². The van der Waals surface area contributed by atoms with Crippen molar-refractivity contribution >= 4 is 5.91 Å². The van der Waals surface area contributed by atoms with E-state index in [0.717, 1.165) is 38.2 Å². The third-order valence-electron chi connectivity index (χ3n) is 6.62. The molecule has 0 unspecified atom stereocenters. The molecule has 0 spiro atoms. The number of likely N-dealkylation sites (tertiary alicyclic amines) is 2. The van der Waals surface area contributed by atoms with Crippen molar-refractivity contribution in [1.82, 2.24) is 14.8 Å². The summed E-state index contributed by atoms with van der Waals surface area (Å²) in [5.74, 6) is 1.85. The number of aryl methyl sites for hydroxylation is 2. The molecule has 3 heterocycles. The summed E-state index contributed by atoms with van der Waals surface area (Å²) in [5.41, 5.74) is 2.57. The summed E-state index contributed by atoms with van der Waals surface area (Å²) in [4.78, 5) is 21.4. The topological polar surface area (TPSA) is 45.7 Å². The number of aromatic nitrogens is 1. The number of piperidine rings is 1. The van der Waals surface area contributed by atoms with Gasteiger partial charge in [0.2, 0.25) is 11.8 Å². The first kappa shape index (κ1) is 21.8. The number of ether oxygens (including phenoxy) is 1. The Bertz CT molecular complexity index is 834. The van der Waals surface area contributed by atoms with Crippen LogP contribution in [0.25, 0.3) is 0 Å². The fourth-order valence-electron chi connectivity index (χ4n) is 4.79. The molecule has 5 nitrogen and oxygen atoms in total. The molecule has 0 N–H and O–H groups in total. The Morgan fingerprint density at radius 2 is 1.90 bits per heavy atom. The lowest BCUT2D eigenvalue weighted by Crippen LogP contribution is -2.39. The van der Waals surface area contributed by atoms with Gasteiger partial charge in [-0.25, -0.2) is 4.98 Å². The maximum Gasteiger partial charge on any atom is 0.223 e. The van der Waals surface area contributed by atoms with Gasteiger partial charge >= 0.3 is 0 Å². The first-order valence-electron chi connectivity index (χ1n) is 11.8. The number of pyridine rings is 1. The summed E-state index contributed by atoms with van der Waals surface area (Å²) in [6.07, 6.45) is 7.14. The van der Waals surface area contributed by atoms with Crippen LogP contribution in [-0.4, -0.2) is 60.0 Å². The lowest BCUT2D eigenvalue weighted by atomic mass is 9.96. The van der Waals surface area contributed by atoms with Crippen molar-refractivity contribution in [2.45, 2.75) is 39.0 Å². The summed E-state index contributed by atoms with van der Waals surface area (Å²) in [6.45, 7) is 7.83. The van der Waals surface area contributed by atoms with Crippen LogP contribution in [0.2, 0.25) is 0 Å². The highest BCUT2D eigenvalue weighted by molar-refractivity contribution is 5.78. The predicted octanol–water partition coefficient (Wildman–Crippen LogP) is 3.96. The van der Waals surface area contributed by atoms with Crippen molar-refractivity contribution in [2.24, 2.45) is 11.8 Å². The molecule has 1 atom stereocenters. The van der Waals surface area contributed by atoms with Gasteiger partial charge in [-0.15, -0.1) is 0 Å². The van der Waals surface area contributed by atoms with Gasteiger partial charge in [-0.3, -0.25) is 4.79 Å². The van der Waals surface area contributed by atoms with Crippen LogP contribution >= 0.6 is 0 Å². The van der Waals surface area contributed by atoms with E-state index in [1.54, 1.807) is 6.20 Å². The summed E-state index contributed by atoms with van der Waals surface area (Å²) in [5, 5.41) is 0. The fraction of sp³-hybridized carbons (Fsp3) is 0.538. The van der Waals surface area contributed by atoms with Gasteiger partial charge in [0.25, 0.3) is 0 Å². The zero-order chi connectivity index (χ0) is 21.5. The Kier molecular flexibility index (Phi) is 7.57. The van der Waals surface area contributed by atoms with E-state index >= 15 is 0 Å². The van der Waals surface area contributed by atoms with Crippen molar-refractivity contribution < 1.29 is 9.53 Å². The van der Waals surface area contributed by atoms with Crippen LogP contribution in [0.1, 0.15) is 36.8 Å². The van der Waals surface area contributed by atoms with Crippen LogP contribution in [-0.2, 0) is 11.2 Å². The Labute approximate surface area is 186 Å². The molecule has 2 aliphatic rings. The third kappa shape index (κ3) is 6.54. The Balaban J connectivity index is 1.14. The number of benzene rings is 1.